The first-order valence-electron chi connectivity index (χ1n) is 7.14. The van der Waals surface area contributed by atoms with Crippen molar-refractivity contribution in [1.82, 2.24) is 9.88 Å². The molecule has 0 spiro atoms. The molecular weight excluding hydrogens is 222 g/mol. The van der Waals surface area contributed by atoms with E-state index in [1.54, 1.807) is 0 Å². The molecule has 2 atom stereocenters. The lowest BCUT2D eigenvalue weighted by Gasteiger charge is -2.34. The van der Waals surface area contributed by atoms with E-state index in [0.29, 0.717) is 6.04 Å². The summed E-state index contributed by atoms with van der Waals surface area (Å²) < 4.78 is 0. The van der Waals surface area contributed by atoms with E-state index in [-0.39, 0.29) is 6.04 Å². The van der Waals surface area contributed by atoms with Gasteiger partial charge in [0.1, 0.15) is 0 Å². The van der Waals surface area contributed by atoms with Crippen LogP contribution < -0.4 is 5.73 Å². The molecule has 0 aliphatic carbocycles. The molecule has 0 amide bonds. The van der Waals surface area contributed by atoms with E-state index in [1.165, 1.54) is 18.4 Å². The Hall–Kier alpha value is -0.930. The maximum absolute atomic E-state index is 6.33. The summed E-state index contributed by atoms with van der Waals surface area (Å²) in [7, 11) is 0. The van der Waals surface area contributed by atoms with Crippen LogP contribution in [0.1, 0.15) is 51.6 Å². The minimum Gasteiger partial charge on any atom is -0.326 e. The Kier molecular flexibility index (Phi) is 6.91. The zero-order chi connectivity index (χ0) is 13.4. The average molecular weight is 249 g/mol. The average Bonchev–Trinajstić information content (AvgIpc) is 2.43. The predicted octanol–water partition coefficient (Wildman–Crippen LogP) is 2.98. The maximum atomic E-state index is 6.33. The maximum Gasteiger partial charge on any atom is 0.0514 e. The minimum atomic E-state index is 0.172. The Morgan fingerprint density at radius 1 is 1.33 bits per heavy atom. The van der Waals surface area contributed by atoms with E-state index < -0.39 is 0 Å². The molecule has 102 valence electrons. The lowest BCUT2D eigenvalue weighted by atomic mass is 9.97. The van der Waals surface area contributed by atoms with Crippen LogP contribution in [0.5, 0.6) is 0 Å². The van der Waals surface area contributed by atoms with Crippen molar-refractivity contribution in [3.05, 3.63) is 30.1 Å². The van der Waals surface area contributed by atoms with Crippen LogP contribution in [0.25, 0.3) is 0 Å². The predicted molar refractivity (Wildman–Crippen MR) is 77.4 cm³/mol. The first kappa shape index (κ1) is 15.1. The fourth-order valence-electron chi connectivity index (χ4n) is 2.36. The Labute approximate surface area is 111 Å². The normalized spacial score (nSPS) is 14.7. The molecule has 3 nitrogen and oxygen atoms in total. The first-order valence-corrected chi connectivity index (χ1v) is 7.14. The van der Waals surface area contributed by atoms with Gasteiger partial charge >= 0.3 is 0 Å². The molecule has 0 aliphatic rings. The van der Waals surface area contributed by atoms with Gasteiger partial charge in [-0.05, 0) is 37.6 Å². The van der Waals surface area contributed by atoms with Crippen LogP contribution in [0.2, 0.25) is 0 Å². The molecule has 0 saturated carbocycles. The molecule has 18 heavy (non-hydrogen) atoms. The number of pyridine rings is 1. The highest BCUT2D eigenvalue weighted by molar-refractivity contribution is 5.16. The highest BCUT2D eigenvalue weighted by atomic mass is 15.2. The van der Waals surface area contributed by atoms with E-state index in [9.17, 15) is 0 Å². The van der Waals surface area contributed by atoms with Crippen LogP contribution in [0.15, 0.2) is 24.5 Å². The Morgan fingerprint density at radius 2 is 2.11 bits per heavy atom. The molecule has 1 aromatic rings. The summed E-state index contributed by atoms with van der Waals surface area (Å²) in [6.07, 6.45) is 7.20. The molecule has 0 aliphatic heterocycles. The van der Waals surface area contributed by atoms with Crippen LogP contribution in [0, 0.1) is 0 Å². The molecule has 0 bridgehead atoms. The van der Waals surface area contributed by atoms with Crippen LogP contribution in [-0.2, 0) is 0 Å². The van der Waals surface area contributed by atoms with Gasteiger partial charge in [0.25, 0.3) is 0 Å². The third kappa shape index (κ3) is 4.07. The molecule has 1 heterocycles. The molecule has 3 heteroatoms. The molecule has 2 unspecified atom stereocenters. The zero-order valence-corrected chi connectivity index (χ0v) is 12.0. The fourth-order valence-corrected chi connectivity index (χ4v) is 2.36. The number of rotatable bonds is 8. The summed E-state index contributed by atoms with van der Waals surface area (Å²) in [5.74, 6) is 0. The number of unbranched alkanes of at least 4 members (excludes halogenated alkanes) is 1. The molecule has 0 radical (unpaired) electrons. The lowest BCUT2D eigenvalue weighted by molar-refractivity contribution is 0.175. The molecule has 0 aromatic carbocycles. The smallest absolute Gasteiger partial charge is 0.0514 e. The van der Waals surface area contributed by atoms with Gasteiger partial charge in [-0.3, -0.25) is 9.88 Å². The van der Waals surface area contributed by atoms with Crippen molar-refractivity contribution < 1.29 is 0 Å². The number of nitrogens with zero attached hydrogens (tertiary/aromatic N) is 2. The topological polar surface area (TPSA) is 42.2 Å². The van der Waals surface area contributed by atoms with E-state index >= 15 is 0 Å². The number of aromatic nitrogens is 1. The first-order chi connectivity index (χ1) is 8.74. The molecule has 0 fully saturated rings. The summed E-state index contributed by atoms with van der Waals surface area (Å²) in [5.41, 5.74) is 7.57. The Morgan fingerprint density at radius 3 is 2.61 bits per heavy atom. The molecule has 2 N–H and O–H groups in total. The second kappa shape index (κ2) is 8.22. The van der Waals surface area contributed by atoms with Crippen molar-refractivity contribution in [3.63, 3.8) is 0 Å². The van der Waals surface area contributed by atoms with Crippen LogP contribution in [-0.4, -0.2) is 29.0 Å². The largest absolute Gasteiger partial charge is 0.326 e. The molecule has 0 saturated heterocycles. The Bertz CT molecular complexity index is 313. The van der Waals surface area contributed by atoms with Crippen molar-refractivity contribution in [1.29, 1.82) is 0 Å². The minimum absolute atomic E-state index is 0.172. The van der Waals surface area contributed by atoms with Crippen molar-refractivity contribution in [2.45, 2.75) is 52.1 Å². The fraction of sp³-hybridized carbons (Fsp3) is 0.667. The molecule has 1 rings (SSSR count). The van der Waals surface area contributed by atoms with Crippen molar-refractivity contribution in [3.8, 4) is 0 Å². The van der Waals surface area contributed by atoms with Gasteiger partial charge in [0.15, 0.2) is 0 Å². The van der Waals surface area contributed by atoms with Gasteiger partial charge in [0.05, 0.1) is 6.04 Å². The van der Waals surface area contributed by atoms with Crippen molar-refractivity contribution in [2.24, 2.45) is 5.73 Å². The van der Waals surface area contributed by atoms with Crippen molar-refractivity contribution >= 4 is 0 Å². The van der Waals surface area contributed by atoms with Gasteiger partial charge in [-0.1, -0.05) is 33.3 Å². The van der Waals surface area contributed by atoms with E-state index in [0.717, 1.165) is 19.5 Å². The van der Waals surface area contributed by atoms with Gasteiger partial charge in [-0.15, -0.1) is 0 Å². The second-order valence-electron chi connectivity index (χ2n) is 4.79. The van der Waals surface area contributed by atoms with Gasteiger partial charge in [-0.25, -0.2) is 0 Å². The van der Waals surface area contributed by atoms with E-state index in [2.05, 4.69) is 36.7 Å². The molecular formula is C15H27N3. The number of nitrogens with two attached hydrogens (primary N) is 1. The van der Waals surface area contributed by atoms with Crippen LogP contribution >= 0.6 is 0 Å². The monoisotopic (exact) mass is 249 g/mol. The lowest BCUT2D eigenvalue weighted by Crippen LogP contribution is -2.41. The van der Waals surface area contributed by atoms with Gasteiger partial charge in [-0.2, -0.15) is 0 Å². The summed E-state index contributed by atoms with van der Waals surface area (Å²) in [6.45, 7) is 8.74. The zero-order valence-electron chi connectivity index (χ0n) is 12.0. The van der Waals surface area contributed by atoms with E-state index in [4.69, 9.17) is 5.73 Å². The quantitative estimate of drug-likeness (QED) is 0.770. The highest BCUT2D eigenvalue weighted by Gasteiger charge is 2.24. The van der Waals surface area contributed by atoms with Gasteiger partial charge in [0.2, 0.25) is 0 Å². The van der Waals surface area contributed by atoms with Crippen LogP contribution in [0.4, 0.5) is 0 Å². The number of likely N-dealkylation sites (N-methyl/N-ethyl adjacent to an activating group) is 1. The summed E-state index contributed by atoms with van der Waals surface area (Å²) in [5, 5.41) is 0. The third-order valence-electron chi connectivity index (χ3n) is 3.50. The number of hydrogen-bond acceptors (Lipinski definition) is 3. The SMILES string of the molecule is CCCCN(CC)C(c1cccnc1)C(N)CC. The summed E-state index contributed by atoms with van der Waals surface area (Å²) >= 11 is 0. The number of hydrogen-bond donors (Lipinski definition) is 1. The van der Waals surface area contributed by atoms with Crippen LogP contribution in [0.3, 0.4) is 0 Å². The van der Waals surface area contributed by atoms with Crippen molar-refractivity contribution in [2.75, 3.05) is 13.1 Å². The van der Waals surface area contributed by atoms with Gasteiger partial charge < -0.3 is 5.73 Å². The Balaban J connectivity index is 2.89. The van der Waals surface area contributed by atoms with E-state index in [1.807, 2.05) is 18.5 Å². The second-order valence-corrected chi connectivity index (χ2v) is 4.79. The molecule has 1 aromatic heterocycles. The third-order valence-corrected chi connectivity index (χ3v) is 3.50. The summed E-state index contributed by atoms with van der Waals surface area (Å²) in [6, 6.07) is 4.60. The van der Waals surface area contributed by atoms with Gasteiger partial charge in [0, 0.05) is 18.4 Å². The summed E-state index contributed by atoms with van der Waals surface area (Å²) in [4.78, 5) is 6.72. The standard InChI is InChI=1S/C15H27N3/c1-4-7-11-18(6-3)15(14(16)5-2)13-9-8-10-17-12-13/h8-10,12,14-15H,4-7,11,16H2,1-3H3. The highest BCUT2D eigenvalue weighted by Crippen LogP contribution is 2.24.